The molecule has 1 saturated heterocycles. The first-order valence-electron chi connectivity index (χ1n) is 9.93. The zero-order valence-electron chi connectivity index (χ0n) is 17.9. The maximum Gasteiger partial charge on any atom is 0.261 e. The van der Waals surface area contributed by atoms with E-state index in [1.54, 1.807) is 37.3 Å². The fraction of sp³-hybridized carbons (Fsp3) is 0.455. The van der Waals surface area contributed by atoms with Crippen LogP contribution >= 0.6 is 0 Å². The first-order valence-corrected chi connectivity index (χ1v) is 11.8. The van der Waals surface area contributed by atoms with Crippen molar-refractivity contribution in [2.75, 3.05) is 19.3 Å². The van der Waals surface area contributed by atoms with Gasteiger partial charge in [-0.2, -0.15) is 8.42 Å². The van der Waals surface area contributed by atoms with Gasteiger partial charge in [-0.25, -0.2) is 4.39 Å². The van der Waals surface area contributed by atoms with Gasteiger partial charge in [0.05, 0.1) is 18.0 Å². The molecule has 0 aromatic heterocycles. The Kier molecular flexibility index (Phi) is 8.18. The molecule has 2 aromatic carbocycles. The number of likely N-dealkylation sites (tertiary alicyclic amines) is 1. The molecule has 7 nitrogen and oxygen atoms in total. The second-order valence-corrected chi connectivity index (χ2v) is 9.50. The van der Waals surface area contributed by atoms with Crippen LogP contribution in [0.5, 0.6) is 5.75 Å². The average molecular weight is 456 g/mol. The van der Waals surface area contributed by atoms with Crippen LogP contribution in [-0.2, 0) is 15.7 Å². The van der Waals surface area contributed by atoms with Gasteiger partial charge in [-0.15, -0.1) is 0 Å². The Bertz CT molecular complexity index is 964. The van der Waals surface area contributed by atoms with Crippen molar-refractivity contribution in [3.8, 4) is 5.75 Å². The van der Waals surface area contributed by atoms with Crippen LogP contribution < -0.4 is 0 Å². The summed E-state index contributed by atoms with van der Waals surface area (Å²) in [5.41, 5.74) is 1.29. The van der Waals surface area contributed by atoms with Gasteiger partial charge in [-0.05, 0) is 67.6 Å². The summed E-state index contributed by atoms with van der Waals surface area (Å²) in [5, 5.41) is 31.3. The minimum Gasteiger partial charge on any atom is -0.508 e. The number of halogens is 1. The zero-order chi connectivity index (χ0) is 23.4. The van der Waals surface area contributed by atoms with Crippen LogP contribution in [-0.4, -0.2) is 58.6 Å². The van der Waals surface area contributed by atoms with Crippen LogP contribution in [0, 0.1) is 12.7 Å². The zero-order valence-corrected chi connectivity index (χ0v) is 18.7. The number of benzene rings is 2. The van der Waals surface area contributed by atoms with Gasteiger partial charge in [0.1, 0.15) is 11.6 Å². The van der Waals surface area contributed by atoms with Crippen LogP contribution in [0.4, 0.5) is 4.39 Å². The van der Waals surface area contributed by atoms with Crippen molar-refractivity contribution in [1.82, 2.24) is 4.90 Å². The lowest BCUT2D eigenvalue weighted by atomic mass is 9.83. The van der Waals surface area contributed by atoms with Gasteiger partial charge in [-0.3, -0.25) is 9.45 Å². The lowest BCUT2D eigenvalue weighted by Gasteiger charge is -2.42. The highest BCUT2D eigenvalue weighted by Gasteiger charge is 2.36. The standard InChI is InChI=1S/C21H26FNO3.CH4O3S/c1-14-13-16(3-8-19(14)24)20(25)15(2)23-11-9-21(26,10-12-23)17-4-6-18(22)7-5-17;1-5(2,3)4/h3-8,13,15,20,24-26H,9-12H2,1-2H3;1H3,(H,2,3,4)/t15-,20+;/m0./s1. The van der Waals surface area contributed by atoms with Crippen LogP contribution in [0.3, 0.4) is 0 Å². The van der Waals surface area contributed by atoms with Crippen LogP contribution in [0.1, 0.15) is 42.6 Å². The van der Waals surface area contributed by atoms with Gasteiger partial charge in [0, 0.05) is 19.1 Å². The highest BCUT2D eigenvalue weighted by molar-refractivity contribution is 7.85. The number of hydrogen-bond donors (Lipinski definition) is 4. The SMILES string of the molecule is CS(=O)(=O)O.Cc1cc([C@H](O)[C@H](C)N2CCC(O)(c3ccc(F)cc3)CC2)ccc1O. The summed E-state index contributed by atoms with van der Waals surface area (Å²) in [6.07, 6.45) is 1.10. The van der Waals surface area contributed by atoms with Crippen molar-refractivity contribution in [3.05, 3.63) is 65.0 Å². The summed E-state index contributed by atoms with van der Waals surface area (Å²) >= 11 is 0. The van der Waals surface area contributed by atoms with Gasteiger partial charge in [0.2, 0.25) is 0 Å². The van der Waals surface area contributed by atoms with E-state index in [0.29, 0.717) is 32.2 Å². The number of phenols is 1. The van der Waals surface area contributed by atoms with Gasteiger partial charge < -0.3 is 15.3 Å². The second kappa shape index (κ2) is 10.1. The predicted molar refractivity (Wildman–Crippen MR) is 116 cm³/mol. The molecule has 2 aromatic rings. The Hall–Kier alpha value is -2.04. The minimum absolute atomic E-state index is 0.114. The Labute approximate surface area is 182 Å². The monoisotopic (exact) mass is 455 g/mol. The van der Waals surface area contributed by atoms with Crippen molar-refractivity contribution in [2.24, 2.45) is 0 Å². The Morgan fingerprint density at radius 2 is 1.61 bits per heavy atom. The lowest BCUT2D eigenvalue weighted by molar-refractivity contribution is -0.0502. The molecule has 0 amide bonds. The molecular weight excluding hydrogens is 425 g/mol. The molecule has 1 heterocycles. The highest BCUT2D eigenvalue weighted by atomic mass is 32.2. The van der Waals surface area contributed by atoms with Crippen LogP contribution in [0.15, 0.2) is 42.5 Å². The van der Waals surface area contributed by atoms with E-state index in [1.807, 2.05) is 6.92 Å². The van der Waals surface area contributed by atoms with E-state index >= 15 is 0 Å². The van der Waals surface area contributed by atoms with E-state index in [4.69, 9.17) is 4.55 Å². The summed E-state index contributed by atoms with van der Waals surface area (Å²) in [7, 11) is -3.67. The van der Waals surface area contributed by atoms with Crippen LogP contribution in [0.2, 0.25) is 0 Å². The Morgan fingerprint density at radius 3 is 2.10 bits per heavy atom. The molecule has 1 aliphatic rings. The third kappa shape index (κ3) is 7.26. The van der Waals surface area contributed by atoms with E-state index in [-0.39, 0.29) is 17.6 Å². The molecule has 0 unspecified atom stereocenters. The summed E-state index contributed by atoms with van der Waals surface area (Å²) in [5.74, 6) is -0.0911. The van der Waals surface area contributed by atoms with Gasteiger partial charge in [-0.1, -0.05) is 18.2 Å². The first-order chi connectivity index (χ1) is 14.3. The fourth-order valence-corrected chi connectivity index (χ4v) is 3.69. The Morgan fingerprint density at radius 1 is 1.10 bits per heavy atom. The van der Waals surface area contributed by atoms with E-state index in [1.165, 1.54) is 12.1 Å². The third-order valence-corrected chi connectivity index (χ3v) is 5.60. The van der Waals surface area contributed by atoms with Crippen molar-refractivity contribution in [3.63, 3.8) is 0 Å². The molecule has 9 heteroatoms. The molecule has 1 aliphatic heterocycles. The number of hydrogen-bond acceptors (Lipinski definition) is 6. The summed E-state index contributed by atoms with van der Waals surface area (Å²) in [4.78, 5) is 2.16. The number of aliphatic hydroxyl groups excluding tert-OH is 1. The lowest BCUT2D eigenvalue weighted by Crippen LogP contribution is -2.47. The molecule has 0 radical (unpaired) electrons. The summed E-state index contributed by atoms with van der Waals surface area (Å²) < 4.78 is 39.0. The van der Waals surface area contributed by atoms with Crippen molar-refractivity contribution < 1.29 is 32.7 Å². The predicted octanol–water partition coefficient (Wildman–Crippen LogP) is 2.75. The normalized spacial score (nSPS) is 18.5. The average Bonchev–Trinajstić information content (AvgIpc) is 2.69. The summed E-state index contributed by atoms with van der Waals surface area (Å²) in [6, 6.07) is 11.1. The van der Waals surface area contributed by atoms with E-state index < -0.39 is 21.8 Å². The summed E-state index contributed by atoms with van der Waals surface area (Å²) in [6.45, 7) is 5.06. The van der Waals surface area contributed by atoms with Crippen molar-refractivity contribution in [2.45, 2.75) is 44.4 Å². The minimum atomic E-state index is -3.67. The maximum atomic E-state index is 13.1. The van der Waals surface area contributed by atoms with Gasteiger partial charge >= 0.3 is 0 Å². The van der Waals surface area contributed by atoms with Gasteiger partial charge in [0.15, 0.2) is 0 Å². The molecule has 4 N–H and O–H groups in total. The molecule has 0 saturated carbocycles. The molecule has 0 bridgehead atoms. The number of aryl methyl sites for hydroxylation is 1. The molecule has 1 fully saturated rings. The molecule has 0 aliphatic carbocycles. The van der Waals surface area contributed by atoms with Crippen LogP contribution in [0.25, 0.3) is 0 Å². The largest absolute Gasteiger partial charge is 0.508 e. The number of nitrogens with zero attached hydrogens (tertiary/aromatic N) is 1. The number of piperidine rings is 1. The number of aromatic hydroxyl groups is 1. The molecule has 0 spiro atoms. The molecule has 31 heavy (non-hydrogen) atoms. The number of aliphatic hydroxyl groups is 2. The first kappa shape index (κ1) is 25.2. The maximum absolute atomic E-state index is 13.1. The second-order valence-electron chi connectivity index (χ2n) is 8.04. The highest BCUT2D eigenvalue weighted by Crippen LogP contribution is 2.35. The van der Waals surface area contributed by atoms with E-state index in [2.05, 4.69) is 4.90 Å². The smallest absolute Gasteiger partial charge is 0.261 e. The molecule has 3 rings (SSSR count). The number of phenolic OH excluding ortho intramolecular Hbond substituents is 1. The number of rotatable bonds is 4. The van der Waals surface area contributed by atoms with Crippen molar-refractivity contribution in [1.29, 1.82) is 0 Å². The molecule has 2 atom stereocenters. The van der Waals surface area contributed by atoms with E-state index in [0.717, 1.165) is 16.7 Å². The van der Waals surface area contributed by atoms with Gasteiger partial charge in [0.25, 0.3) is 10.1 Å². The molecule has 172 valence electrons. The molecular formula is C22H30FNO6S. The quantitative estimate of drug-likeness (QED) is 0.524. The Balaban J connectivity index is 0.000000614. The topological polar surface area (TPSA) is 118 Å². The third-order valence-electron chi connectivity index (χ3n) is 5.60. The van der Waals surface area contributed by atoms with Crippen molar-refractivity contribution >= 4 is 10.1 Å². The fourth-order valence-electron chi connectivity index (χ4n) is 3.69. The van der Waals surface area contributed by atoms with E-state index in [9.17, 15) is 28.1 Å².